The summed E-state index contributed by atoms with van der Waals surface area (Å²) in [5.74, 6) is -1.09. The van der Waals surface area contributed by atoms with Gasteiger partial charge in [0.1, 0.15) is 11.3 Å². The highest BCUT2D eigenvalue weighted by molar-refractivity contribution is 5.92. The Morgan fingerprint density at radius 2 is 2.14 bits per heavy atom. The van der Waals surface area contributed by atoms with Gasteiger partial charge in [-0.05, 0) is 24.8 Å². The molecule has 1 aliphatic rings. The largest absolute Gasteiger partial charge is 0.484 e. The summed E-state index contributed by atoms with van der Waals surface area (Å²) in [4.78, 5) is 32.4. The maximum Gasteiger partial charge on any atom is 0.342 e. The van der Waals surface area contributed by atoms with Crippen LogP contribution in [-0.2, 0) is 4.79 Å². The molecule has 8 nitrogen and oxygen atoms in total. The zero-order valence-corrected chi connectivity index (χ0v) is 11.1. The summed E-state index contributed by atoms with van der Waals surface area (Å²) in [6.07, 6.45) is 2.23. The van der Waals surface area contributed by atoms with E-state index < -0.39 is 22.1 Å². The van der Waals surface area contributed by atoms with Crippen LogP contribution in [0.1, 0.15) is 23.2 Å². The van der Waals surface area contributed by atoms with Crippen LogP contribution in [0.15, 0.2) is 18.2 Å². The third kappa shape index (κ3) is 4.16. The molecule has 1 aromatic carbocycles. The third-order valence-electron chi connectivity index (χ3n) is 3.05. The van der Waals surface area contributed by atoms with Crippen LogP contribution in [0.4, 0.5) is 5.69 Å². The zero-order chi connectivity index (χ0) is 15.4. The third-order valence-corrected chi connectivity index (χ3v) is 3.05. The Morgan fingerprint density at radius 3 is 2.71 bits per heavy atom. The summed E-state index contributed by atoms with van der Waals surface area (Å²) in [7, 11) is 0. The first-order valence-corrected chi connectivity index (χ1v) is 6.38. The normalized spacial score (nSPS) is 13.5. The first kappa shape index (κ1) is 14.8. The number of nitrogens with zero attached hydrogens (tertiary/aromatic N) is 1. The van der Waals surface area contributed by atoms with Crippen LogP contribution in [-0.4, -0.2) is 35.1 Å². The lowest BCUT2D eigenvalue weighted by molar-refractivity contribution is -0.385. The highest BCUT2D eigenvalue weighted by atomic mass is 16.6. The second-order valence-electron chi connectivity index (χ2n) is 4.78. The molecular weight excluding hydrogens is 280 g/mol. The molecule has 112 valence electrons. The SMILES string of the molecule is O=C(COc1ccc([N+](=O)[O-])c(C(=O)O)c1)NCC1CC1. The fraction of sp³-hybridized carbons (Fsp3) is 0.385. The van der Waals surface area contributed by atoms with Gasteiger partial charge in [0.2, 0.25) is 0 Å². The lowest BCUT2D eigenvalue weighted by Gasteiger charge is -2.07. The molecule has 1 aromatic rings. The van der Waals surface area contributed by atoms with Gasteiger partial charge in [-0.15, -0.1) is 0 Å². The molecule has 1 saturated carbocycles. The number of nitro benzene ring substituents is 1. The molecule has 0 unspecified atom stereocenters. The second kappa shape index (κ2) is 6.21. The van der Waals surface area contributed by atoms with Crippen molar-refractivity contribution in [1.29, 1.82) is 0 Å². The summed E-state index contributed by atoms with van der Waals surface area (Å²) in [6, 6.07) is 3.34. The van der Waals surface area contributed by atoms with Gasteiger partial charge < -0.3 is 15.2 Å². The number of ether oxygens (including phenoxy) is 1. The topological polar surface area (TPSA) is 119 Å². The summed E-state index contributed by atoms with van der Waals surface area (Å²) in [6.45, 7) is 0.354. The van der Waals surface area contributed by atoms with E-state index in [4.69, 9.17) is 9.84 Å². The smallest absolute Gasteiger partial charge is 0.342 e. The van der Waals surface area contributed by atoms with Gasteiger partial charge in [-0.3, -0.25) is 14.9 Å². The first-order valence-electron chi connectivity index (χ1n) is 6.38. The molecule has 0 saturated heterocycles. The van der Waals surface area contributed by atoms with Crippen LogP contribution >= 0.6 is 0 Å². The Bertz CT molecular complexity index is 582. The van der Waals surface area contributed by atoms with Crippen molar-refractivity contribution in [2.75, 3.05) is 13.2 Å². The Kier molecular flexibility index (Phi) is 4.36. The van der Waals surface area contributed by atoms with E-state index in [-0.39, 0.29) is 18.3 Å². The average Bonchev–Trinajstić information content (AvgIpc) is 3.26. The van der Waals surface area contributed by atoms with Gasteiger partial charge in [-0.25, -0.2) is 4.79 Å². The maximum absolute atomic E-state index is 11.5. The minimum atomic E-state index is -1.43. The van der Waals surface area contributed by atoms with Gasteiger partial charge in [0.25, 0.3) is 11.6 Å². The first-order chi connectivity index (χ1) is 9.97. The van der Waals surface area contributed by atoms with Crippen molar-refractivity contribution in [2.24, 2.45) is 5.92 Å². The lowest BCUT2D eigenvalue weighted by Crippen LogP contribution is -2.30. The highest BCUT2D eigenvalue weighted by Crippen LogP contribution is 2.27. The van der Waals surface area contributed by atoms with E-state index in [2.05, 4.69) is 5.32 Å². The van der Waals surface area contributed by atoms with Crippen molar-refractivity contribution in [3.63, 3.8) is 0 Å². The second-order valence-corrected chi connectivity index (χ2v) is 4.78. The standard InChI is InChI=1S/C13H14N2O6/c16-12(14-6-8-1-2-8)7-21-9-3-4-11(15(19)20)10(5-9)13(17)18/h3-5,8H,1-2,6-7H2,(H,14,16)(H,17,18). The molecule has 8 heteroatoms. The molecule has 1 aliphatic carbocycles. The van der Waals surface area contributed by atoms with Crippen molar-refractivity contribution in [3.8, 4) is 5.75 Å². The van der Waals surface area contributed by atoms with Gasteiger partial charge in [0.05, 0.1) is 4.92 Å². The van der Waals surface area contributed by atoms with Gasteiger partial charge in [0.15, 0.2) is 6.61 Å². The highest BCUT2D eigenvalue weighted by Gasteiger charge is 2.22. The molecule has 0 radical (unpaired) electrons. The Labute approximate surface area is 119 Å². The Balaban J connectivity index is 1.96. The predicted molar refractivity (Wildman–Crippen MR) is 71.3 cm³/mol. The maximum atomic E-state index is 11.5. The molecule has 1 amide bonds. The number of benzene rings is 1. The molecule has 2 N–H and O–H groups in total. The molecule has 0 aliphatic heterocycles. The van der Waals surface area contributed by atoms with Crippen LogP contribution in [0.2, 0.25) is 0 Å². The van der Waals surface area contributed by atoms with E-state index in [0.29, 0.717) is 12.5 Å². The van der Waals surface area contributed by atoms with E-state index >= 15 is 0 Å². The summed E-state index contributed by atoms with van der Waals surface area (Å²) < 4.78 is 5.15. The van der Waals surface area contributed by atoms with Crippen LogP contribution in [0.3, 0.4) is 0 Å². The molecule has 0 bridgehead atoms. The van der Waals surface area contributed by atoms with Crippen molar-refractivity contribution in [1.82, 2.24) is 5.32 Å². The van der Waals surface area contributed by atoms with Crippen molar-refractivity contribution < 1.29 is 24.4 Å². The average molecular weight is 294 g/mol. The Hall–Kier alpha value is -2.64. The number of amides is 1. The van der Waals surface area contributed by atoms with Crippen LogP contribution in [0, 0.1) is 16.0 Å². The molecule has 2 rings (SSSR count). The minimum absolute atomic E-state index is 0.0968. The van der Waals surface area contributed by atoms with Crippen LogP contribution in [0.5, 0.6) is 5.75 Å². The van der Waals surface area contributed by atoms with Crippen LogP contribution in [0.25, 0.3) is 0 Å². The Morgan fingerprint density at radius 1 is 1.43 bits per heavy atom. The van der Waals surface area contributed by atoms with Crippen molar-refractivity contribution in [2.45, 2.75) is 12.8 Å². The number of nitrogens with one attached hydrogen (secondary N) is 1. The quantitative estimate of drug-likeness (QED) is 0.576. The number of aromatic carboxylic acids is 1. The summed E-state index contributed by atoms with van der Waals surface area (Å²) in [5, 5.41) is 22.3. The number of carboxylic acid groups (broad SMARTS) is 1. The van der Waals surface area contributed by atoms with Crippen molar-refractivity contribution in [3.05, 3.63) is 33.9 Å². The monoisotopic (exact) mass is 294 g/mol. The van der Waals surface area contributed by atoms with E-state index in [0.717, 1.165) is 25.0 Å². The van der Waals surface area contributed by atoms with E-state index in [9.17, 15) is 19.7 Å². The molecular formula is C13H14N2O6. The minimum Gasteiger partial charge on any atom is -0.484 e. The number of hydrogen-bond donors (Lipinski definition) is 2. The molecule has 0 atom stereocenters. The number of carboxylic acids is 1. The van der Waals surface area contributed by atoms with Crippen molar-refractivity contribution >= 4 is 17.6 Å². The number of carbonyl (C=O) groups is 2. The van der Waals surface area contributed by atoms with Gasteiger partial charge >= 0.3 is 5.97 Å². The molecule has 0 spiro atoms. The van der Waals surface area contributed by atoms with Crippen LogP contribution < -0.4 is 10.1 Å². The van der Waals surface area contributed by atoms with Gasteiger partial charge in [-0.1, -0.05) is 0 Å². The zero-order valence-electron chi connectivity index (χ0n) is 11.1. The number of carbonyl (C=O) groups excluding carboxylic acids is 1. The number of rotatable bonds is 7. The summed E-state index contributed by atoms with van der Waals surface area (Å²) >= 11 is 0. The molecule has 1 fully saturated rings. The predicted octanol–water partition coefficient (Wildman–Crippen LogP) is 1.20. The molecule has 0 aromatic heterocycles. The van der Waals surface area contributed by atoms with E-state index in [1.165, 1.54) is 6.07 Å². The molecule has 21 heavy (non-hydrogen) atoms. The summed E-state index contributed by atoms with van der Waals surface area (Å²) in [5.41, 5.74) is -0.996. The van der Waals surface area contributed by atoms with Gasteiger partial charge in [0, 0.05) is 18.7 Å². The number of nitro groups is 1. The fourth-order valence-electron chi connectivity index (χ4n) is 1.72. The van der Waals surface area contributed by atoms with E-state index in [1.807, 2.05) is 0 Å². The van der Waals surface area contributed by atoms with Gasteiger partial charge in [-0.2, -0.15) is 0 Å². The fourth-order valence-corrected chi connectivity index (χ4v) is 1.72. The lowest BCUT2D eigenvalue weighted by atomic mass is 10.1. The van der Waals surface area contributed by atoms with E-state index in [1.54, 1.807) is 0 Å². The molecule has 0 heterocycles. The number of hydrogen-bond acceptors (Lipinski definition) is 5.